The number of halogens is 2. The van der Waals surface area contributed by atoms with Crippen molar-refractivity contribution in [3.63, 3.8) is 0 Å². The molecule has 2 N–H and O–H groups in total. The molecule has 2 aromatic heterocycles. The van der Waals surface area contributed by atoms with Crippen molar-refractivity contribution in [2.24, 2.45) is 7.05 Å². The van der Waals surface area contributed by atoms with Crippen molar-refractivity contribution in [1.82, 2.24) is 19.9 Å². The number of fused-ring (bicyclic) bond motifs is 2. The third-order valence-electron chi connectivity index (χ3n) is 5.50. The van der Waals surface area contributed by atoms with E-state index in [1.807, 2.05) is 13.1 Å². The predicted octanol–water partition coefficient (Wildman–Crippen LogP) is 4.69. The first-order chi connectivity index (χ1) is 15.0. The van der Waals surface area contributed by atoms with E-state index in [0.717, 1.165) is 25.2 Å². The quantitative estimate of drug-likeness (QED) is 0.472. The van der Waals surface area contributed by atoms with Gasteiger partial charge in [-0.1, -0.05) is 35.3 Å². The van der Waals surface area contributed by atoms with Gasteiger partial charge in [-0.3, -0.25) is 4.79 Å². The number of hydrogen-bond acceptors (Lipinski definition) is 5. The lowest BCUT2D eigenvalue weighted by atomic mass is 10.0. The summed E-state index contributed by atoms with van der Waals surface area (Å²) < 4.78 is 1.79. The molecule has 2 aromatic carbocycles. The molecule has 156 valence electrons. The molecule has 5 rings (SSSR count). The summed E-state index contributed by atoms with van der Waals surface area (Å²) in [6.45, 7) is 1.87. The molecule has 0 saturated carbocycles. The molecule has 0 saturated heterocycles. The van der Waals surface area contributed by atoms with Crippen LogP contribution in [0.15, 0.2) is 53.6 Å². The lowest BCUT2D eigenvalue weighted by Gasteiger charge is -2.18. The zero-order chi connectivity index (χ0) is 21.5. The fraction of sp³-hybridized carbons (Fsp3) is 0.174. The van der Waals surface area contributed by atoms with Crippen molar-refractivity contribution in [3.8, 4) is 11.1 Å². The second-order valence-corrected chi connectivity index (χ2v) is 8.36. The summed E-state index contributed by atoms with van der Waals surface area (Å²) in [6, 6.07) is 11.4. The van der Waals surface area contributed by atoms with Gasteiger partial charge in [0.2, 0.25) is 11.4 Å². The molecule has 3 heterocycles. The summed E-state index contributed by atoms with van der Waals surface area (Å²) >= 11 is 12.7. The van der Waals surface area contributed by atoms with E-state index in [0.29, 0.717) is 38.2 Å². The first-order valence-corrected chi connectivity index (χ1v) is 10.7. The minimum absolute atomic E-state index is 0.212. The Morgan fingerprint density at radius 3 is 2.74 bits per heavy atom. The highest BCUT2D eigenvalue weighted by molar-refractivity contribution is 6.39. The number of rotatable bonds is 3. The maximum atomic E-state index is 13.2. The third-order valence-corrected chi connectivity index (χ3v) is 6.13. The highest BCUT2D eigenvalue weighted by Crippen LogP contribution is 2.33. The van der Waals surface area contributed by atoms with Crippen LogP contribution in [0.1, 0.15) is 11.1 Å². The van der Waals surface area contributed by atoms with Crippen molar-refractivity contribution in [2.45, 2.75) is 13.0 Å². The monoisotopic (exact) mass is 451 g/mol. The van der Waals surface area contributed by atoms with E-state index < -0.39 is 0 Å². The molecule has 1 aliphatic rings. The van der Waals surface area contributed by atoms with E-state index in [4.69, 9.17) is 23.2 Å². The molecular formula is C23H19Cl2N5O. The molecule has 4 aromatic rings. The zero-order valence-electron chi connectivity index (χ0n) is 16.7. The Kier molecular flexibility index (Phi) is 5.14. The van der Waals surface area contributed by atoms with Gasteiger partial charge in [0.25, 0.3) is 0 Å². The maximum Gasteiger partial charge on any atom is 0.229 e. The predicted molar refractivity (Wildman–Crippen MR) is 125 cm³/mol. The molecule has 0 unspecified atom stereocenters. The fourth-order valence-corrected chi connectivity index (χ4v) is 4.54. The molecule has 0 fully saturated rings. The minimum atomic E-state index is -0.212. The molecule has 31 heavy (non-hydrogen) atoms. The Labute approximate surface area is 188 Å². The summed E-state index contributed by atoms with van der Waals surface area (Å²) in [4.78, 5) is 22.1. The molecule has 0 radical (unpaired) electrons. The third kappa shape index (κ3) is 3.67. The Hall–Kier alpha value is -2.93. The first kappa shape index (κ1) is 20.0. The van der Waals surface area contributed by atoms with E-state index >= 15 is 0 Å². The van der Waals surface area contributed by atoms with E-state index in [1.54, 1.807) is 35.2 Å². The number of aromatic nitrogens is 3. The van der Waals surface area contributed by atoms with Gasteiger partial charge in [0.1, 0.15) is 5.65 Å². The van der Waals surface area contributed by atoms with Crippen molar-refractivity contribution in [3.05, 3.63) is 80.2 Å². The van der Waals surface area contributed by atoms with Crippen LogP contribution in [0, 0.1) is 0 Å². The molecule has 0 spiro atoms. The lowest BCUT2D eigenvalue weighted by molar-refractivity contribution is 0.644. The van der Waals surface area contributed by atoms with Gasteiger partial charge in [-0.25, -0.2) is 4.98 Å². The van der Waals surface area contributed by atoms with Crippen LogP contribution < -0.4 is 16.1 Å². The first-order valence-electron chi connectivity index (χ1n) is 9.91. The average Bonchev–Trinajstić information content (AvgIpc) is 2.77. The number of hydrogen-bond donors (Lipinski definition) is 2. The van der Waals surface area contributed by atoms with Gasteiger partial charge >= 0.3 is 0 Å². The number of anilines is 2. The van der Waals surface area contributed by atoms with Crippen LogP contribution in [-0.4, -0.2) is 21.1 Å². The van der Waals surface area contributed by atoms with Crippen molar-refractivity contribution in [2.75, 3.05) is 11.9 Å². The second kappa shape index (κ2) is 7.96. The van der Waals surface area contributed by atoms with Crippen molar-refractivity contribution < 1.29 is 0 Å². The van der Waals surface area contributed by atoms with Gasteiger partial charge in [0.05, 0.1) is 15.4 Å². The Bertz CT molecular complexity index is 1360. The van der Waals surface area contributed by atoms with Gasteiger partial charge in [-0.15, -0.1) is 0 Å². The number of nitrogens with zero attached hydrogens (tertiary/aromatic N) is 3. The van der Waals surface area contributed by atoms with Gasteiger partial charge in [0, 0.05) is 42.8 Å². The van der Waals surface area contributed by atoms with Crippen LogP contribution in [0.4, 0.5) is 11.6 Å². The Morgan fingerprint density at radius 1 is 1.13 bits per heavy atom. The molecule has 6 nitrogen and oxygen atoms in total. The number of benzene rings is 2. The largest absolute Gasteiger partial charge is 0.335 e. The number of pyridine rings is 1. The summed E-state index contributed by atoms with van der Waals surface area (Å²) in [7, 11) is 1.83. The van der Waals surface area contributed by atoms with Crippen LogP contribution in [0.2, 0.25) is 10.0 Å². The molecule has 0 aliphatic carbocycles. The van der Waals surface area contributed by atoms with E-state index in [2.05, 4.69) is 32.7 Å². The molecule has 0 atom stereocenters. The standard InChI is InChI=1S/C23H19Cl2N5O/c1-30-12-17(20-18(24)3-2-4-19(20)25)21(31)16-11-27-23(29-22(16)30)28-15-6-5-14-10-26-8-7-13(14)9-15/h2-6,9,11-12,26H,7-8,10H2,1H3,(H,27,28,29). The molecular weight excluding hydrogens is 433 g/mol. The van der Waals surface area contributed by atoms with E-state index in [9.17, 15) is 4.79 Å². The van der Waals surface area contributed by atoms with Gasteiger partial charge < -0.3 is 15.2 Å². The normalized spacial score (nSPS) is 13.3. The number of nitrogens with one attached hydrogen (secondary N) is 2. The summed E-state index contributed by atoms with van der Waals surface area (Å²) in [5, 5.41) is 7.87. The van der Waals surface area contributed by atoms with Crippen LogP contribution >= 0.6 is 23.2 Å². The molecule has 8 heteroatoms. The minimum Gasteiger partial charge on any atom is -0.335 e. The Balaban J connectivity index is 1.55. The highest BCUT2D eigenvalue weighted by atomic mass is 35.5. The van der Waals surface area contributed by atoms with Gasteiger partial charge in [-0.2, -0.15) is 4.98 Å². The summed E-state index contributed by atoms with van der Waals surface area (Å²) in [5.74, 6) is 0.430. The van der Waals surface area contributed by atoms with Gasteiger partial charge in [0.15, 0.2) is 0 Å². The molecule has 0 bridgehead atoms. The van der Waals surface area contributed by atoms with E-state index in [-0.39, 0.29) is 5.43 Å². The zero-order valence-corrected chi connectivity index (χ0v) is 18.3. The van der Waals surface area contributed by atoms with Crippen molar-refractivity contribution >= 4 is 45.9 Å². The SMILES string of the molecule is Cn1cc(-c2c(Cl)cccc2Cl)c(=O)c2cnc(Nc3ccc4c(c3)CCNC4)nc21. The lowest BCUT2D eigenvalue weighted by Crippen LogP contribution is -2.23. The van der Waals surface area contributed by atoms with Crippen LogP contribution in [0.25, 0.3) is 22.2 Å². The summed E-state index contributed by atoms with van der Waals surface area (Å²) in [5.41, 5.74) is 4.79. The molecule has 0 amide bonds. The molecule has 1 aliphatic heterocycles. The topological polar surface area (TPSA) is 71.8 Å². The highest BCUT2D eigenvalue weighted by Gasteiger charge is 2.17. The van der Waals surface area contributed by atoms with Crippen LogP contribution in [-0.2, 0) is 20.0 Å². The average molecular weight is 452 g/mol. The Morgan fingerprint density at radius 2 is 1.94 bits per heavy atom. The summed E-state index contributed by atoms with van der Waals surface area (Å²) in [6.07, 6.45) is 4.25. The van der Waals surface area contributed by atoms with E-state index in [1.165, 1.54) is 11.1 Å². The van der Waals surface area contributed by atoms with Crippen molar-refractivity contribution in [1.29, 1.82) is 0 Å². The smallest absolute Gasteiger partial charge is 0.229 e. The van der Waals surface area contributed by atoms with Crippen LogP contribution in [0.5, 0.6) is 0 Å². The van der Waals surface area contributed by atoms with Crippen LogP contribution in [0.3, 0.4) is 0 Å². The maximum absolute atomic E-state index is 13.2. The van der Waals surface area contributed by atoms with Gasteiger partial charge in [-0.05, 0) is 48.4 Å². The number of aryl methyl sites for hydroxylation is 1. The second-order valence-electron chi connectivity index (χ2n) is 7.55. The fourth-order valence-electron chi connectivity index (χ4n) is 3.94.